The van der Waals surface area contributed by atoms with Gasteiger partial charge >= 0.3 is 0 Å². The normalized spacial score (nSPS) is 14.4. The van der Waals surface area contributed by atoms with Crippen LogP contribution in [-0.4, -0.2) is 19.0 Å². The molecule has 1 aromatic carbocycles. The van der Waals surface area contributed by atoms with Crippen molar-refractivity contribution in [2.24, 2.45) is 5.41 Å². The third-order valence-corrected chi connectivity index (χ3v) is 2.94. The zero-order chi connectivity index (χ0) is 13.3. The average Bonchev–Trinajstić information content (AvgIpc) is 2.25. The van der Waals surface area contributed by atoms with Crippen LogP contribution in [0.5, 0.6) is 11.5 Å². The van der Waals surface area contributed by atoms with Crippen molar-refractivity contribution >= 4 is 17.4 Å². The number of ether oxygens (including phenoxy) is 2. The Kier molecular flexibility index (Phi) is 3.53. The highest BCUT2D eigenvalue weighted by atomic mass is 35.5. The highest BCUT2D eigenvalue weighted by molar-refractivity contribution is 6.34. The van der Waals surface area contributed by atoms with E-state index in [2.05, 4.69) is 0 Å². The van der Waals surface area contributed by atoms with Crippen LogP contribution in [0, 0.1) is 5.41 Å². The Morgan fingerprint density at radius 1 is 1.22 bits per heavy atom. The number of ketones is 1. The largest absolute Gasteiger partial charge is 0.486 e. The number of hydrogen-bond donors (Lipinski definition) is 0. The number of halogens is 1. The minimum atomic E-state index is -0.0618. The van der Waals surface area contributed by atoms with Gasteiger partial charge < -0.3 is 9.47 Å². The highest BCUT2D eigenvalue weighted by Crippen LogP contribution is 2.36. The first-order valence-corrected chi connectivity index (χ1v) is 6.37. The minimum absolute atomic E-state index is 0.0319. The van der Waals surface area contributed by atoms with Crippen LogP contribution in [0.4, 0.5) is 0 Å². The van der Waals surface area contributed by atoms with E-state index in [1.165, 1.54) is 0 Å². The Balaban J connectivity index is 2.31. The van der Waals surface area contributed by atoms with Gasteiger partial charge in [0.05, 0.1) is 5.02 Å². The standard InChI is InChI=1S/C14H17ClO3/c1-14(2,3)8-11(16)9-6-12-13(7-10(9)15)18-5-4-17-12/h6-7H,4-5,8H2,1-3H3. The topological polar surface area (TPSA) is 35.5 Å². The van der Waals surface area contributed by atoms with Crippen molar-refractivity contribution in [1.29, 1.82) is 0 Å². The molecule has 0 unspecified atom stereocenters. The second kappa shape index (κ2) is 4.81. The maximum absolute atomic E-state index is 12.2. The lowest BCUT2D eigenvalue weighted by molar-refractivity contribution is 0.0939. The maximum Gasteiger partial charge on any atom is 0.165 e. The van der Waals surface area contributed by atoms with Crippen molar-refractivity contribution in [2.75, 3.05) is 13.2 Å². The van der Waals surface area contributed by atoms with E-state index in [1.54, 1.807) is 12.1 Å². The summed E-state index contributed by atoms with van der Waals surface area (Å²) in [5, 5.41) is 0.425. The SMILES string of the molecule is CC(C)(C)CC(=O)c1cc2c(cc1Cl)OCCO2. The Bertz CT molecular complexity index is 475. The van der Waals surface area contributed by atoms with E-state index in [-0.39, 0.29) is 11.2 Å². The molecule has 1 aliphatic rings. The summed E-state index contributed by atoms with van der Waals surface area (Å²) < 4.78 is 10.9. The van der Waals surface area contributed by atoms with Gasteiger partial charge in [0.2, 0.25) is 0 Å². The third kappa shape index (κ3) is 2.96. The number of hydrogen-bond acceptors (Lipinski definition) is 3. The molecule has 0 saturated heterocycles. The molecular weight excluding hydrogens is 252 g/mol. The first-order valence-electron chi connectivity index (χ1n) is 5.99. The predicted octanol–water partition coefficient (Wildman–Crippen LogP) is 3.73. The van der Waals surface area contributed by atoms with Crippen molar-refractivity contribution in [3.05, 3.63) is 22.7 Å². The van der Waals surface area contributed by atoms with Crippen LogP contribution in [0.2, 0.25) is 5.02 Å². The van der Waals surface area contributed by atoms with Crippen molar-refractivity contribution in [3.8, 4) is 11.5 Å². The number of carbonyl (C=O) groups excluding carboxylic acids is 1. The summed E-state index contributed by atoms with van der Waals surface area (Å²) >= 11 is 6.13. The average molecular weight is 269 g/mol. The molecule has 0 radical (unpaired) electrons. The first kappa shape index (κ1) is 13.2. The van der Waals surface area contributed by atoms with Gasteiger partial charge in [-0.3, -0.25) is 4.79 Å². The molecular formula is C14H17ClO3. The molecule has 1 aromatic rings. The zero-order valence-corrected chi connectivity index (χ0v) is 11.6. The van der Waals surface area contributed by atoms with E-state index < -0.39 is 0 Å². The van der Waals surface area contributed by atoms with E-state index in [4.69, 9.17) is 21.1 Å². The number of carbonyl (C=O) groups is 1. The summed E-state index contributed by atoms with van der Waals surface area (Å²) in [7, 11) is 0. The van der Waals surface area contributed by atoms with E-state index in [0.29, 0.717) is 41.7 Å². The lowest BCUT2D eigenvalue weighted by Crippen LogP contribution is -2.17. The van der Waals surface area contributed by atoms with Crippen molar-refractivity contribution in [3.63, 3.8) is 0 Å². The molecule has 0 aliphatic carbocycles. The Morgan fingerprint density at radius 3 is 2.33 bits per heavy atom. The summed E-state index contributed by atoms with van der Waals surface area (Å²) in [5.41, 5.74) is 0.448. The third-order valence-electron chi connectivity index (χ3n) is 2.62. The molecule has 3 nitrogen and oxygen atoms in total. The second-order valence-corrected chi connectivity index (χ2v) is 6.04. The molecule has 0 amide bonds. The molecule has 0 bridgehead atoms. The van der Waals surface area contributed by atoms with E-state index >= 15 is 0 Å². The Morgan fingerprint density at radius 2 is 1.78 bits per heavy atom. The van der Waals surface area contributed by atoms with Gasteiger partial charge in [0, 0.05) is 18.1 Å². The van der Waals surface area contributed by atoms with Crippen molar-refractivity contribution in [2.45, 2.75) is 27.2 Å². The fraction of sp³-hybridized carbons (Fsp3) is 0.500. The molecule has 0 fully saturated rings. The van der Waals surface area contributed by atoms with E-state index in [0.717, 1.165) is 0 Å². The van der Waals surface area contributed by atoms with E-state index in [1.807, 2.05) is 20.8 Å². The van der Waals surface area contributed by atoms with Gasteiger partial charge in [0.15, 0.2) is 17.3 Å². The van der Waals surface area contributed by atoms with Crippen LogP contribution in [-0.2, 0) is 0 Å². The van der Waals surface area contributed by atoms with Crippen LogP contribution >= 0.6 is 11.6 Å². The summed E-state index contributed by atoms with van der Waals surface area (Å²) in [5.74, 6) is 1.24. The molecule has 0 atom stereocenters. The van der Waals surface area contributed by atoms with Gasteiger partial charge in [0.25, 0.3) is 0 Å². The molecule has 18 heavy (non-hydrogen) atoms. The predicted molar refractivity (Wildman–Crippen MR) is 70.8 cm³/mol. The zero-order valence-electron chi connectivity index (χ0n) is 10.9. The van der Waals surface area contributed by atoms with Gasteiger partial charge in [-0.25, -0.2) is 0 Å². The fourth-order valence-electron chi connectivity index (χ4n) is 1.85. The summed E-state index contributed by atoms with van der Waals surface area (Å²) in [6.07, 6.45) is 0.451. The quantitative estimate of drug-likeness (QED) is 0.767. The Labute approximate surface area is 112 Å². The fourth-order valence-corrected chi connectivity index (χ4v) is 2.11. The highest BCUT2D eigenvalue weighted by Gasteiger charge is 2.22. The summed E-state index contributed by atoms with van der Waals surface area (Å²) in [6.45, 7) is 7.09. The van der Waals surface area contributed by atoms with Gasteiger partial charge in [-0.05, 0) is 11.5 Å². The Hall–Kier alpha value is -1.22. The molecule has 0 aromatic heterocycles. The maximum atomic E-state index is 12.2. The van der Waals surface area contributed by atoms with Crippen LogP contribution in [0.15, 0.2) is 12.1 Å². The van der Waals surface area contributed by atoms with Crippen LogP contribution in [0.1, 0.15) is 37.6 Å². The van der Waals surface area contributed by atoms with Gasteiger partial charge in [-0.15, -0.1) is 0 Å². The molecule has 0 saturated carbocycles. The van der Waals surface area contributed by atoms with Crippen molar-refractivity contribution < 1.29 is 14.3 Å². The number of rotatable bonds is 2. The first-order chi connectivity index (χ1) is 8.37. The second-order valence-electron chi connectivity index (χ2n) is 5.64. The smallest absolute Gasteiger partial charge is 0.165 e. The number of Topliss-reactive ketones (excluding diaryl/α,β-unsaturated/α-hetero) is 1. The monoisotopic (exact) mass is 268 g/mol. The van der Waals surface area contributed by atoms with Gasteiger partial charge in [0.1, 0.15) is 13.2 Å². The van der Waals surface area contributed by atoms with Gasteiger partial charge in [-0.1, -0.05) is 32.4 Å². The molecule has 4 heteroatoms. The summed E-state index contributed by atoms with van der Waals surface area (Å²) in [4.78, 5) is 12.2. The molecule has 1 heterocycles. The number of fused-ring (bicyclic) bond motifs is 1. The molecule has 0 spiro atoms. The molecule has 2 rings (SSSR count). The molecule has 0 N–H and O–H groups in total. The lowest BCUT2D eigenvalue weighted by atomic mass is 9.88. The van der Waals surface area contributed by atoms with Crippen LogP contribution in [0.3, 0.4) is 0 Å². The van der Waals surface area contributed by atoms with Crippen LogP contribution in [0.25, 0.3) is 0 Å². The summed E-state index contributed by atoms with van der Waals surface area (Å²) in [6, 6.07) is 3.34. The number of benzene rings is 1. The van der Waals surface area contributed by atoms with Crippen molar-refractivity contribution in [1.82, 2.24) is 0 Å². The minimum Gasteiger partial charge on any atom is -0.486 e. The van der Waals surface area contributed by atoms with Crippen LogP contribution < -0.4 is 9.47 Å². The molecule has 98 valence electrons. The lowest BCUT2D eigenvalue weighted by Gasteiger charge is -2.21. The van der Waals surface area contributed by atoms with E-state index in [9.17, 15) is 4.79 Å². The molecule has 1 aliphatic heterocycles. The van der Waals surface area contributed by atoms with Gasteiger partial charge in [-0.2, -0.15) is 0 Å².